The molecule has 0 atom stereocenters. The molecule has 1 aliphatic carbocycles. The Bertz CT molecular complexity index is 2960. The Balaban J connectivity index is 0.000000239. The molecule has 0 unspecified atom stereocenters. The SMILES string of the molecule is [2H]C([2H])([2H])c1c[c-]c(-c2cc(C(C)(C)C)ccn2)cc1.[2H]C([2H])([2H])c1cnc(-c2[c-]ccc3c2oc2cc4c(ccc5ccccc54)cc23)cc1C1([2H])CC(C)(C)CC(C)(C)C1.[Ir]. The summed E-state index contributed by atoms with van der Waals surface area (Å²) < 4.78 is 63.3. The molecule has 287 valence electrons. The maximum Gasteiger partial charge on any atom is 0.121 e. The van der Waals surface area contributed by atoms with Crippen LogP contribution in [0.5, 0.6) is 0 Å². The van der Waals surface area contributed by atoms with Crippen molar-refractivity contribution in [3.8, 4) is 22.5 Å². The van der Waals surface area contributed by atoms with Crippen molar-refractivity contribution in [3.05, 3.63) is 144 Å². The van der Waals surface area contributed by atoms with E-state index in [1.807, 2.05) is 36.4 Å². The van der Waals surface area contributed by atoms with Crippen molar-refractivity contribution < 1.29 is 34.1 Å². The average molecular weight is 920 g/mol. The van der Waals surface area contributed by atoms with Crippen molar-refractivity contribution in [2.45, 2.75) is 92.7 Å². The fourth-order valence-electron chi connectivity index (χ4n) is 8.77. The Morgan fingerprint density at radius 1 is 0.768 bits per heavy atom. The standard InChI is InChI=1S/C36H34NO.C16H18N.Ir/c1-22-20-37-32(16-29(22)25-18-35(2,3)21-36(4,5)19-25)28-12-8-11-27-31-15-24-14-13-23-9-6-7-10-26(23)30(24)17-33(31)38-34(27)28;1-12-5-7-13(8-6-12)15-11-14(9-10-17-15)16(2,3)4;/h6-11,13-17,20,25H,18-19,21H2,1-5H3;5-7,9-11H,1-4H3;/q2*-1;/i1D3,25D;1D3;. The van der Waals surface area contributed by atoms with Gasteiger partial charge >= 0.3 is 0 Å². The molecule has 8 aromatic rings. The number of furan rings is 1. The van der Waals surface area contributed by atoms with E-state index in [2.05, 4.69) is 113 Å². The van der Waals surface area contributed by atoms with Gasteiger partial charge in [0, 0.05) is 47.5 Å². The first-order chi connectivity index (χ1) is 28.9. The molecule has 9 rings (SSSR count). The van der Waals surface area contributed by atoms with E-state index in [1.165, 1.54) is 28.6 Å². The molecule has 3 aromatic heterocycles. The first-order valence-electron chi connectivity index (χ1n) is 22.6. The molecule has 56 heavy (non-hydrogen) atoms. The molecule has 3 heterocycles. The predicted octanol–water partition coefficient (Wildman–Crippen LogP) is 14.5. The van der Waals surface area contributed by atoms with Crippen LogP contribution in [-0.4, -0.2) is 9.97 Å². The number of fused-ring (bicyclic) bond motifs is 6. The number of rotatable bonds is 3. The quantitative estimate of drug-likeness (QED) is 0.131. The van der Waals surface area contributed by atoms with Gasteiger partial charge in [-0.1, -0.05) is 115 Å². The number of aromatic nitrogens is 2. The molecule has 0 aliphatic heterocycles. The molecule has 0 bridgehead atoms. The van der Waals surface area contributed by atoms with E-state index in [9.17, 15) is 1.37 Å². The van der Waals surface area contributed by atoms with Crippen LogP contribution in [0.4, 0.5) is 0 Å². The van der Waals surface area contributed by atoms with Gasteiger partial charge in [0.2, 0.25) is 0 Å². The molecule has 1 aliphatic rings. The second kappa shape index (κ2) is 15.0. The van der Waals surface area contributed by atoms with E-state index in [4.69, 9.17) is 12.6 Å². The summed E-state index contributed by atoms with van der Waals surface area (Å²) in [6.45, 7) is 10.7. The van der Waals surface area contributed by atoms with Gasteiger partial charge in [0.1, 0.15) is 5.58 Å². The molecule has 0 N–H and O–H groups in total. The third-order valence-electron chi connectivity index (χ3n) is 10.9. The van der Waals surface area contributed by atoms with Crippen molar-refractivity contribution in [2.75, 3.05) is 0 Å². The third-order valence-corrected chi connectivity index (χ3v) is 10.9. The zero-order valence-electron chi connectivity index (χ0n) is 40.1. The van der Waals surface area contributed by atoms with Gasteiger partial charge in [-0.15, -0.1) is 53.6 Å². The van der Waals surface area contributed by atoms with E-state index < -0.39 is 19.6 Å². The molecule has 4 heteroatoms. The number of benzene rings is 5. The van der Waals surface area contributed by atoms with Crippen LogP contribution in [0.1, 0.15) is 105 Å². The number of aryl methyl sites for hydroxylation is 2. The summed E-state index contributed by atoms with van der Waals surface area (Å²) in [5.74, 6) is -1.06. The van der Waals surface area contributed by atoms with Crippen LogP contribution in [0.15, 0.2) is 114 Å². The van der Waals surface area contributed by atoms with Crippen molar-refractivity contribution in [2.24, 2.45) is 10.8 Å². The molecular formula is C52H52IrN2O-2. The zero-order valence-corrected chi connectivity index (χ0v) is 35.5. The summed E-state index contributed by atoms with van der Waals surface area (Å²) in [4.78, 5) is 9.00. The minimum Gasteiger partial charge on any atom is -0.501 e. The van der Waals surface area contributed by atoms with E-state index >= 15 is 0 Å². The van der Waals surface area contributed by atoms with Gasteiger partial charge < -0.3 is 14.4 Å². The molecular weight excluding hydrogens is 861 g/mol. The van der Waals surface area contributed by atoms with Gasteiger partial charge in [-0.3, -0.25) is 0 Å². The van der Waals surface area contributed by atoms with Crippen molar-refractivity contribution in [1.29, 1.82) is 0 Å². The van der Waals surface area contributed by atoms with Crippen molar-refractivity contribution in [1.82, 2.24) is 9.97 Å². The summed E-state index contributed by atoms with van der Waals surface area (Å²) in [7, 11) is 0. The van der Waals surface area contributed by atoms with Crippen molar-refractivity contribution in [3.63, 3.8) is 0 Å². The summed E-state index contributed by atoms with van der Waals surface area (Å²) >= 11 is 0. The Kier molecular flexibility index (Phi) is 8.44. The predicted molar refractivity (Wildman–Crippen MR) is 232 cm³/mol. The minimum absolute atomic E-state index is 0. The Morgan fingerprint density at radius 3 is 2.29 bits per heavy atom. The van der Waals surface area contributed by atoms with Crippen LogP contribution in [-0.2, 0) is 25.5 Å². The largest absolute Gasteiger partial charge is 0.501 e. The Hall–Kier alpha value is -4.63. The van der Waals surface area contributed by atoms with E-state index in [0.717, 1.165) is 44.8 Å². The monoisotopic (exact) mass is 920 g/mol. The van der Waals surface area contributed by atoms with Gasteiger partial charge in [0.05, 0.1) is 5.58 Å². The molecule has 1 saturated carbocycles. The van der Waals surface area contributed by atoms with Crippen LogP contribution in [0, 0.1) is 36.7 Å². The fourth-order valence-corrected chi connectivity index (χ4v) is 8.77. The van der Waals surface area contributed by atoms with Crippen molar-refractivity contribution >= 4 is 43.5 Å². The number of hydrogen-bond acceptors (Lipinski definition) is 3. The topological polar surface area (TPSA) is 38.9 Å². The van der Waals surface area contributed by atoms with Crippen LogP contribution in [0.2, 0.25) is 0 Å². The van der Waals surface area contributed by atoms with Gasteiger partial charge in [-0.25, -0.2) is 0 Å². The van der Waals surface area contributed by atoms with Gasteiger partial charge in [-0.05, 0) is 116 Å². The Morgan fingerprint density at radius 2 is 1.55 bits per heavy atom. The normalized spacial score (nSPS) is 18.3. The van der Waals surface area contributed by atoms with Gasteiger partial charge in [-0.2, -0.15) is 0 Å². The van der Waals surface area contributed by atoms with Crippen LogP contribution in [0.3, 0.4) is 0 Å². The maximum atomic E-state index is 9.74. The fraction of sp³-hybridized carbons (Fsp3) is 0.308. The van der Waals surface area contributed by atoms with E-state index in [0.29, 0.717) is 40.8 Å². The molecule has 1 radical (unpaired) electrons. The van der Waals surface area contributed by atoms with Crippen LogP contribution in [0.25, 0.3) is 66.0 Å². The smallest absolute Gasteiger partial charge is 0.121 e. The second-order valence-corrected chi connectivity index (χ2v) is 17.8. The molecule has 0 saturated heterocycles. The molecule has 0 spiro atoms. The second-order valence-electron chi connectivity index (χ2n) is 17.8. The summed E-state index contributed by atoms with van der Waals surface area (Å²) in [6, 6.07) is 37.9. The maximum absolute atomic E-state index is 9.74. The molecule has 1 fully saturated rings. The van der Waals surface area contributed by atoms with E-state index in [1.54, 1.807) is 18.3 Å². The average Bonchev–Trinajstić information content (AvgIpc) is 3.55. The molecule has 0 amide bonds. The van der Waals surface area contributed by atoms with Crippen LogP contribution < -0.4 is 0 Å². The Labute approximate surface area is 356 Å². The number of pyridine rings is 2. The number of hydrogen-bond donors (Lipinski definition) is 0. The van der Waals surface area contributed by atoms with Crippen LogP contribution >= 0.6 is 0 Å². The third kappa shape index (κ3) is 7.97. The first-order valence-corrected chi connectivity index (χ1v) is 19.1. The summed E-state index contributed by atoms with van der Waals surface area (Å²) in [5, 5.41) is 6.59. The summed E-state index contributed by atoms with van der Waals surface area (Å²) in [5.41, 5.74) is 6.35. The molecule has 3 nitrogen and oxygen atoms in total. The zero-order chi connectivity index (χ0) is 44.6. The van der Waals surface area contributed by atoms with E-state index in [-0.39, 0.29) is 41.9 Å². The molecule has 5 aromatic carbocycles. The minimum atomic E-state index is -2.38. The van der Waals surface area contributed by atoms with Gasteiger partial charge in [0.25, 0.3) is 0 Å². The van der Waals surface area contributed by atoms with Gasteiger partial charge in [0.15, 0.2) is 0 Å². The first kappa shape index (κ1) is 31.5. The summed E-state index contributed by atoms with van der Waals surface area (Å²) in [6.07, 6.45) is 5.38. The number of nitrogens with zero attached hydrogens (tertiary/aromatic N) is 2.